The zero-order chi connectivity index (χ0) is 25.7. The molecule has 184 valence electrons. The number of allylic oxidation sites excluding steroid dienone is 1. The van der Waals surface area contributed by atoms with Crippen LogP contribution in [0.3, 0.4) is 0 Å². The molecule has 2 heterocycles. The third-order valence-corrected chi connectivity index (χ3v) is 8.95. The molecule has 0 aliphatic heterocycles. The van der Waals surface area contributed by atoms with E-state index in [0.717, 1.165) is 6.08 Å². The van der Waals surface area contributed by atoms with Crippen molar-refractivity contribution in [2.24, 2.45) is 7.05 Å². The van der Waals surface area contributed by atoms with Crippen molar-refractivity contribution >= 4 is 25.2 Å². The van der Waals surface area contributed by atoms with E-state index in [1.807, 2.05) is 0 Å². The zero-order valence-corrected chi connectivity index (χ0v) is 21.1. The van der Waals surface area contributed by atoms with Gasteiger partial charge in [-0.2, -0.15) is 14.0 Å². The van der Waals surface area contributed by atoms with Gasteiger partial charge in [-0.15, -0.1) is 0 Å². The number of nitrogens with zero attached hydrogens (tertiary/aromatic N) is 4. The van der Waals surface area contributed by atoms with Crippen molar-refractivity contribution < 1.29 is 26.0 Å². The molecule has 34 heavy (non-hydrogen) atoms. The molecule has 0 N–H and O–H groups in total. The Balaban J connectivity index is 2.07. The maximum Gasteiger partial charge on any atom is 0.306 e. The maximum atomic E-state index is 14.5. The quantitative estimate of drug-likeness (QED) is 0.373. The molecule has 2 aromatic rings. The Labute approximate surface area is 198 Å². The Morgan fingerprint density at radius 1 is 1.24 bits per heavy atom. The van der Waals surface area contributed by atoms with Crippen LogP contribution in [0, 0.1) is 11.3 Å². The molecule has 6 nitrogen and oxygen atoms in total. The van der Waals surface area contributed by atoms with Gasteiger partial charge in [-0.3, -0.25) is 4.98 Å². The first kappa shape index (κ1) is 26.3. The van der Waals surface area contributed by atoms with E-state index < -0.39 is 32.3 Å². The summed E-state index contributed by atoms with van der Waals surface area (Å²) in [5.74, 6) is -4.32. The minimum absolute atomic E-state index is 0.00373. The third kappa shape index (κ3) is 4.38. The number of alkyl halides is 4. The molecule has 1 saturated carbocycles. The molecule has 0 spiro atoms. The SMILES string of the molecule is CCS(=O)(=O)c1cc(C2(C#N)CC2)cnc1-c1ncc(/C=C/C(F)(F)C(F)(P)C(C)(C)F)n1C. The van der Waals surface area contributed by atoms with E-state index in [-0.39, 0.29) is 33.9 Å². The van der Waals surface area contributed by atoms with Crippen molar-refractivity contribution in [2.75, 3.05) is 5.75 Å². The molecule has 1 fully saturated rings. The summed E-state index contributed by atoms with van der Waals surface area (Å²) in [5.41, 5.74) is -3.02. The van der Waals surface area contributed by atoms with E-state index in [1.165, 1.54) is 46.2 Å². The van der Waals surface area contributed by atoms with Crippen LogP contribution < -0.4 is 0 Å². The summed E-state index contributed by atoms with van der Waals surface area (Å²) < 4.78 is 84.3. The van der Waals surface area contributed by atoms with Crippen molar-refractivity contribution in [3.63, 3.8) is 0 Å². The molecule has 0 aromatic carbocycles. The summed E-state index contributed by atoms with van der Waals surface area (Å²) in [6.45, 7) is 2.90. The van der Waals surface area contributed by atoms with Gasteiger partial charge in [0.1, 0.15) is 11.4 Å². The highest BCUT2D eigenvalue weighted by Crippen LogP contribution is 2.49. The van der Waals surface area contributed by atoms with E-state index in [2.05, 4.69) is 16.0 Å². The summed E-state index contributed by atoms with van der Waals surface area (Å²) in [6.07, 6.45) is 4.95. The van der Waals surface area contributed by atoms with Crippen LogP contribution in [0.25, 0.3) is 17.6 Å². The van der Waals surface area contributed by atoms with Gasteiger partial charge < -0.3 is 4.57 Å². The van der Waals surface area contributed by atoms with Gasteiger partial charge in [-0.25, -0.2) is 22.2 Å². The summed E-state index contributed by atoms with van der Waals surface area (Å²) in [4.78, 5) is 8.29. The molecule has 1 aliphatic rings. The lowest BCUT2D eigenvalue weighted by atomic mass is 9.97. The predicted octanol–water partition coefficient (Wildman–Crippen LogP) is 4.77. The number of sulfone groups is 1. The van der Waals surface area contributed by atoms with E-state index >= 15 is 0 Å². The van der Waals surface area contributed by atoms with Gasteiger partial charge in [-0.05, 0) is 50.5 Å². The van der Waals surface area contributed by atoms with E-state index in [1.54, 1.807) is 0 Å². The number of hydrogen-bond donors (Lipinski definition) is 0. The first-order chi connectivity index (χ1) is 15.5. The standard InChI is InChI=1S/C22H25F4N4O2PS/c1-5-34(31,32)16-10-14(20(13-27)8-9-20)11-28-17(16)18-29-12-15(30(18)4)6-7-21(24,25)22(26,33)19(2,3)23/h6-7,10-12H,5,8-9,33H2,1-4H3/b7-6+. The van der Waals surface area contributed by atoms with E-state index in [9.17, 15) is 31.2 Å². The fraction of sp³-hybridized carbons (Fsp3) is 0.500. The van der Waals surface area contributed by atoms with Gasteiger partial charge >= 0.3 is 5.92 Å². The average molecular weight is 517 g/mol. The Hall–Kier alpha value is -2.31. The second-order valence-electron chi connectivity index (χ2n) is 8.87. The molecule has 0 radical (unpaired) electrons. The Bertz CT molecular complexity index is 1290. The Morgan fingerprint density at radius 3 is 2.35 bits per heavy atom. The number of hydrogen-bond acceptors (Lipinski definition) is 5. The van der Waals surface area contributed by atoms with Gasteiger partial charge in [0.05, 0.1) is 34.0 Å². The first-order valence-electron chi connectivity index (χ1n) is 10.4. The maximum absolute atomic E-state index is 14.5. The summed E-state index contributed by atoms with van der Waals surface area (Å²) in [7, 11) is -1.08. The second kappa shape index (κ2) is 8.42. The fourth-order valence-corrected chi connectivity index (χ4v) is 4.51. The van der Waals surface area contributed by atoms with Crippen LogP contribution >= 0.6 is 9.24 Å². The van der Waals surface area contributed by atoms with Crippen molar-refractivity contribution in [3.05, 3.63) is 35.8 Å². The minimum Gasteiger partial charge on any atom is -0.326 e. The van der Waals surface area contributed by atoms with Crippen molar-refractivity contribution in [1.82, 2.24) is 14.5 Å². The molecule has 0 saturated heterocycles. The van der Waals surface area contributed by atoms with Gasteiger partial charge in [0, 0.05) is 13.2 Å². The highest BCUT2D eigenvalue weighted by atomic mass is 32.2. The highest BCUT2D eigenvalue weighted by Gasteiger charge is 2.59. The lowest BCUT2D eigenvalue weighted by Crippen LogP contribution is -2.50. The summed E-state index contributed by atoms with van der Waals surface area (Å²) in [6, 6.07) is 3.62. The Morgan fingerprint density at radius 2 is 1.85 bits per heavy atom. The Kier molecular flexibility index (Phi) is 6.51. The molecule has 0 bridgehead atoms. The van der Waals surface area contributed by atoms with Crippen LogP contribution in [0.1, 0.15) is 44.9 Å². The number of imidazole rings is 1. The number of nitriles is 1. The summed E-state index contributed by atoms with van der Waals surface area (Å²) in [5, 5.41) is 5.90. The van der Waals surface area contributed by atoms with Crippen molar-refractivity contribution in [1.29, 1.82) is 5.26 Å². The van der Waals surface area contributed by atoms with Crippen LogP contribution in [0.2, 0.25) is 0 Å². The molecule has 3 rings (SSSR count). The van der Waals surface area contributed by atoms with Gasteiger partial charge in [0.15, 0.2) is 15.7 Å². The first-order valence-corrected chi connectivity index (χ1v) is 12.7. The molecular formula is C22H25F4N4O2PS. The third-order valence-electron chi connectivity index (χ3n) is 6.13. The lowest BCUT2D eigenvalue weighted by Gasteiger charge is -2.35. The van der Waals surface area contributed by atoms with Gasteiger partial charge in [-0.1, -0.05) is 16.2 Å². The minimum atomic E-state index is -4.17. The largest absolute Gasteiger partial charge is 0.326 e. The number of aromatic nitrogens is 3. The lowest BCUT2D eigenvalue weighted by molar-refractivity contribution is -0.111. The van der Waals surface area contributed by atoms with Gasteiger partial charge in [0.25, 0.3) is 0 Å². The van der Waals surface area contributed by atoms with Crippen molar-refractivity contribution in [3.8, 4) is 17.6 Å². The van der Waals surface area contributed by atoms with Crippen LogP contribution in [0.5, 0.6) is 0 Å². The average Bonchev–Trinajstić information content (AvgIpc) is 3.48. The zero-order valence-electron chi connectivity index (χ0n) is 19.1. The number of rotatable bonds is 8. The van der Waals surface area contributed by atoms with Crippen LogP contribution in [-0.4, -0.2) is 45.7 Å². The second-order valence-corrected chi connectivity index (χ2v) is 11.9. The molecule has 2 unspecified atom stereocenters. The normalized spacial score (nSPS) is 18.0. The number of halogens is 4. The van der Waals surface area contributed by atoms with Gasteiger partial charge in [0.2, 0.25) is 5.41 Å². The molecule has 2 atom stereocenters. The van der Waals surface area contributed by atoms with Crippen LogP contribution in [-0.2, 0) is 22.3 Å². The number of pyridine rings is 1. The topological polar surface area (TPSA) is 88.6 Å². The smallest absolute Gasteiger partial charge is 0.306 e. The molecule has 1 aliphatic carbocycles. The predicted molar refractivity (Wildman–Crippen MR) is 123 cm³/mol. The molecular weight excluding hydrogens is 491 g/mol. The fourth-order valence-electron chi connectivity index (χ4n) is 3.36. The molecule has 12 heteroatoms. The van der Waals surface area contributed by atoms with E-state index in [0.29, 0.717) is 32.3 Å². The molecule has 2 aromatic heterocycles. The van der Waals surface area contributed by atoms with E-state index in [4.69, 9.17) is 0 Å². The summed E-state index contributed by atoms with van der Waals surface area (Å²) >= 11 is 0. The monoisotopic (exact) mass is 516 g/mol. The van der Waals surface area contributed by atoms with Crippen molar-refractivity contribution in [2.45, 2.75) is 60.9 Å². The molecule has 0 amide bonds. The van der Waals surface area contributed by atoms with Crippen LogP contribution in [0.15, 0.2) is 29.4 Å². The van der Waals surface area contributed by atoms with Crippen LogP contribution in [0.4, 0.5) is 17.6 Å². The highest BCUT2D eigenvalue weighted by molar-refractivity contribution is 7.91.